The number of rotatable bonds is 4. The molecule has 2 aliphatic heterocycles. The highest BCUT2D eigenvalue weighted by atomic mass is 32.1. The van der Waals surface area contributed by atoms with Crippen molar-refractivity contribution in [2.24, 2.45) is 0 Å². The molecule has 0 aliphatic carbocycles. The molecule has 2 aliphatic rings. The van der Waals surface area contributed by atoms with Gasteiger partial charge in [-0.1, -0.05) is 11.2 Å². The summed E-state index contributed by atoms with van der Waals surface area (Å²) in [4.78, 5) is 38.9. The number of carbonyl (C=O) groups is 1. The van der Waals surface area contributed by atoms with E-state index in [2.05, 4.69) is 32.6 Å². The van der Waals surface area contributed by atoms with E-state index < -0.39 is 0 Å². The Morgan fingerprint density at radius 1 is 1.39 bits per heavy atom. The zero-order valence-electron chi connectivity index (χ0n) is 17.5. The highest BCUT2D eigenvalue weighted by Crippen LogP contribution is 2.27. The molecule has 0 saturated carbocycles. The first-order valence-corrected chi connectivity index (χ1v) is 11.5. The zero-order chi connectivity index (χ0) is 21.4. The predicted octanol–water partition coefficient (Wildman–Crippen LogP) is 2.71. The van der Waals surface area contributed by atoms with Crippen molar-refractivity contribution in [1.29, 1.82) is 0 Å². The van der Waals surface area contributed by atoms with E-state index in [9.17, 15) is 9.59 Å². The van der Waals surface area contributed by atoms with Crippen LogP contribution >= 0.6 is 11.3 Å². The molecule has 5 rings (SSSR count). The van der Waals surface area contributed by atoms with E-state index in [4.69, 9.17) is 9.51 Å². The second kappa shape index (κ2) is 8.39. The number of carbonyl (C=O) groups excluding carboxylic acids is 1. The number of likely N-dealkylation sites (tertiary alicyclic amines) is 1. The Labute approximate surface area is 183 Å². The van der Waals surface area contributed by atoms with E-state index in [1.54, 1.807) is 29.2 Å². The molecule has 0 unspecified atom stereocenters. The lowest BCUT2D eigenvalue weighted by atomic mass is 9.96. The van der Waals surface area contributed by atoms with Crippen LogP contribution in [0.25, 0.3) is 0 Å². The van der Waals surface area contributed by atoms with Crippen LogP contribution in [0.2, 0.25) is 0 Å². The fraction of sp³-hybridized carbons (Fsp3) is 0.455. The number of aromatic nitrogens is 3. The van der Waals surface area contributed by atoms with Crippen LogP contribution < -0.4 is 5.56 Å². The molecule has 1 atom stereocenters. The number of H-pyrrole nitrogens is 1. The molecule has 31 heavy (non-hydrogen) atoms. The van der Waals surface area contributed by atoms with Crippen LogP contribution in [-0.2, 0) is 19.5 Å². The van der Waals surface area contributed by atoms with Crippen molar-refractivity contribution >= 4 is 17.2 Å². The third-order valence-electron chi connectivity index (χ3n) is 6.06. The van der Waals surface area contributed by atoms with Gasteiger partial charge in [0.15, 0.2) is 0 Å². The highest BCUT2D eigenvalue weighted by Gasteiger charge is 2.30. The predicted molar refractivity (Wildman–Crippen MR) is 116 cm³/mol. The topological polar surface area (TPSA) is 95.3 Å². The minimum Gasteiger partial charge on any atom is -0.351 e. The molecule has 9 heteroatoms. The van der Waals surface area contributed by atoms with Gasteiger partial charge in [0, 0.05) is 56.0 Å². The molecule has 1 amide bonds. The van der Waals surface area contributed by atoms with Gasteiger partial charge in [-0.3, -0.25) is 14.5 Å². The molecular formula is C22H25N5O3S. The molecule has 0 aromatic carbocycles. The Balaban J connectivity index is 1.31. The first-order valence-electron chi connectivity index (χ1n) is 10.7. The van der Waals surface area contributed by atoms with Gasteiger partial charge in [0.05, 0.1) is 17.0 Å². The lowest BCUT2D eigenvalue weighted by molar-refractivity contribution is 0.0662. The third-order valence-corrected chi connectivity index (χ3v) is 6.92. The van der Waals surface area contributed by atoms with Crippen molar-refractivity contribution in [3.8, 4) is 0 Å². The third kappa shape index (κ3) is 4.20. The van der Waals surface area contributed by atoms with Crippen LogP contribution in [0.1, 0.15) is 57.0 Å². The average Bonchev–Trinajstić information content (AvgIpc) is 3.45. The normalized spacial score (nSPS) is 19.4. The summed E-state index contributed by atoms with van der Waals surface area (Å²) in [6, 6.07) is 5.84. The summed E-state index contributed by atoms with van der Waals surface area (Å²) < 4.78 is 5.14. The fourth-order valence-electron chi connectivity index (χ4n) is 4.46. The molecule has 1 saturated heterocycles. The SMILES string of the molecule is Cc1cc(C(=O)N2CCC[C@@H](c3nc4c(c(=O)[nH]3)CN(Cc3cccs3)CC4)C2)on1. The number of aryl methyl sites for hydroxylation is 1. The Morgan fingerprint density at radius 2 is 2.29 bits per heavy atom. The standard InChI is InChI=1S/C22H25N5O3S/c1-14-10-19(30-25-14)22(29)27-7-2-4-15(11-27)20-23-18-6-8-26(12-16-5-3-9-31-16)13-17(18)21(28)24-20/h3,5,9-10,15H,2,4,6-8,11-13H2,1H3,(H,23,24,28)/t15-/m1/s1. The van der Waals surface area contributed by atoms with E-state index in [0.717, 1.165) is 43.6 Å². The number of nitrogens with one attached hydrogen (secondary N) is 1. The Bertz CT molecular complexity index is 1140. The molecule has 1 N–H and O–H groups in total. The summed E-state index contributed by atoms with van der Waals surface area (Å²) >= 11 is 1.74. The number of piperidine rings is 1. The maximum absolute atomic E-state index is 12.9. The maximum Gasteiger partial charge on any atom is 0.292 e. The molecule has 0 radical (unpaired) electrons. The lowest BCUT2D eigenvalue weighted by Crippen LogP contribution is -2.41. The second-order valence-electron chi connectivity index (χ2n) is 8.34. The number of hydrogen-bond donors (Lipinski definition) is 1. The Hall–Kier alpha value is -2.78. The van der Waals surface area contributed by atoms with E-state index in [1.165, 1.54) is 4.88 Å². The van der Waals surface area contributed by atoms with Gasteiger partial charge in [0.2, 0.25) is 5.76 Å². The van der Waals surface area contributed by atoms with Crippen LogP contribution in [0.5, 0.6) is 0 Å². The quantitative estimate of drug-likeness (QED) is 0.672. The maximum atomic E-state index is 12.9. The van der Waals surface area contributed by atoms with Crippen LogP contribution in [0.4, 0.5) is 0 Å². The first kappa shape index (κ1) is 20.1. The number of thiophene rings is 1. The largest absolute Gasteiger partial charge is 0.351 e. The first-order chi connectivity index (χ1) is 15.1. The monoisotopic (exact) mass is 439 g/mol. The van der Waals surface area contributed by atoms with Crippen molar-refractivity contribution < 1.29 is 9.32 Å². The van der Waals surface area contributed by atoms with Crippen molar-refractivity contribution in [1.82, 2.24) is 24.9 Å². The Morgan fingerprint density at radius 3 is 3.06 bits per heavy atom. The van der Waals surface area contributed by atoms with Gasteiger partial charge in [-0.25, -0.2) is 4.98 Å². The summed E-state index contributed by atoms with van der Waals surface area (Å²) in [5, 5.41) is 5.89. The summed E-state index contributed by atoms with van der Waals surface area (Å²) in [5.74, 6) is 0.816. The summed E-state index contributed by atoms with van der Waals surface area (Å²) in [5.41, 5.74) is 2.30. The molecule has 0 spiro atoms. The van der Waals surface area contributed by atoms with Gasteiger partial charge in [-0.05, 0) is 31.2 Å². The van der Waals surface area contributed by atoms with Crippen LogP contribution in [-0.4, -0.2) is 50.5 Å². The van der Waals surface area contributed by atoms with Crippen molar-refractivity contribution in [2.75, 3.05) is 19.6 Å². The summed E-state index contributed by atoms with van der Waals surface area (Å²) in [6.07, 6.45) is 2.52. The second-order valence-corrected chi connectivity index (χ2v) is 9.37. The van der Waals surface area contributed by atoms with E-state index >= 15 is 0 Å². The fourth-order valence-corrected chi connectivity index (χ4v) is 5.20. The van der Waals surface area contributed by atoms with Gasteiger partial charge >= 0.3 is 0 Å². The van der Waals surface area contributed by atoms with Gasteiger partial charge < -0.3 is 14.4 Å². The van der Waals surface area contributed by atoms with Gasteiger partial charge in [-0.2, -0.15) is 0 Å². The van der Waals surface area contributed by atoms with Gasteiger partial charge in [-0.15, -0.1) is 11.3 Å². The smallest absolute Gasteiger partial charge is 0.292 e. The van der Waals surface area contributed by atoms with E-state index in [0.29, 0.717) is 31.2 Å². The average molecular weight is 440 g/mol. The molecule has 1 fully saturated rings. The van der Waals surface area contributed by atoms with Crippen LogP contribution in [0, 0.1) is 6.92 Å². The molecule has 8 nitrogen and oxygen atoms in total. The number of hydrogen-bond acceptors (Lipinski definition) is 7. The van der Waals surface area contributed by atoms with Crippen LogP contribution in [0.3, 0.4) is 0 Å². The van der Waals surface area contributed by atoms with E-state index in [1.807, 2.05) is 0 Å². The van der Waals surface area contributed by atoms with Crippen LogP contribution in [0.15, 0.2) is 32.9 Å². The number of aromatic amines is 1. The Kier molecular flexibility index (Phi) is 5.45. The molecular weight excluding hydrogens is 414 g/mol. The molecule has 0 bridgehead atoms. The van der Waals surface area contributed by atoms with Gasteiger partial charge in [0.25, 0.3) is 11.5 Å². The minimum atomic E-state index is -0.158. The molecule has 3 aromatic heterocycles. The molecule has 3 aromatic rings. The zero-order valence-corrected chi connectivity index (χ0v) is 18.3. The van der Waals surface area contributed by atoms with Crippen molar-refractivity contribution in [3.63, 3.8) is 0 Å². The molecule has 5 heterocycles. The highest BCUT2D eigenvalue weighted by molar-refractivity contribution is 7.09. The van der Waals surface area contributed by atoms with Crippen molar-refractivity contribution in [3.05, 3.63) is 67.3 Å². The van der Waals surface area contributed by atoms with Crippen molar-refractivity contribution in [2.45, 2.75) is 45.2 Å². The minimum absolute atomic E-state index is 0.0175. The summed E-state index contributed by atoms with van der Waals surface area (Å²) in [6.45, 7) is 5.35. The van der Waals surface area contributed by atoms with Gasteiger partial charge in [0.1, 0.15) is 5.82 Å². The molecule has 162 valence electrons. The number of nitrogens with zero attached hydrogens (tertiary/aromatic N) is 4. The number of amides is 1. The number of fused-ring (bicyclic) bond motifs is 1. The van der Waals surface area contributed by atoms with E-state index in [-0.39, 0.29) is 23.1 Å². The lowest BCUT2D eigenvalue weighted by Gasteiger charge is -2.32. The summed E-state index contributed by atoms with van der Waals surface area (Å²) in [7, 11) is 0.